The van der Waals surface area contributed by atoms with Crippen LogP contribution in [0.15, 0.2) is 49.1 Å². The van der Waals surface area contributed by atoms with Gasteiger partial charge >= 0.3 is 0 Å². The van der Waals surface area contributed by atoms with Gasteiger partial charge in [-0.1, -0.05) is 24.3 Å². The molecule has 0 aliphatic rings. The molecule has 0 saturated carbocycles. The predicted molar refractivity (Wildman–Crippen MR) is 92.6 cm³/mol. The Morgan fingerprint density at radius 2 is 2.17 bits per heavy atom. The van der Waals surface area contributed by atoms with Crippen LogP contribution in [0.5, 0.6) is 0 Å². The molecule has 0 bridgehead atoms. The maximum absolute atomic E-state index is 14.0. The van der Waals surface area contributed by atoms with Crippen molar-refractivity contribution in [1.29, 1.82) is 0 Å². The Morgan fingerprint density at radius 3 is 2.91 bits per heavy atom. The van der Waals surface area contributed by atoms with E-state index in [0.29, 0.717) is 24.3 Å². The van der Waals surface area contributed by atoms with E-state index in [1.807, 2.05) is 23.6 Å². The first-order chi connectivity index (χ1) is 11.1. The fourth-order valence-electron chi connectivity index (χ4n) is 2.58. The van der Waals surface area contributed by atoms with E-state index in [2.05, 4.69) is 11.9 Å². The molecule has 0 aliphatic carbocycles. The highest BCUT2D eigenvalue weighted by molar-refractivity contribution is 7.19. The van der Waals surface area contributed by atoms with Gasteiger partial charge in [-0.15, -0.1) is 17.9 Å². The van der Waals surface area contributed by atoms with Gasteiger partial charge in [-0.3, -0.25) is 4.79 Å². The quantitative estimate of drug-likeness (QED) is 0.703. The van der Waals surface area contributed by atoms with Crippen molar-refractivity contribution in [3.63, 3.8) is 0 Å². The summed E-state index contributed by atoms with van der Waals surface area (Å²) in [5, 5.41) is 2.79. The topological polar surface area (TPSA) is 34.0 Å². The minimum Gasteiger partial charge on any atom is -0.347 e. The number of hydrogen-bond donors (Lipinski definition) is 1. The van der Waals surface area contributed by atoms with Crippen LogP contribution in [0.2, 0.25) is 0 Å². The Labute approximate surface area is 138 Å². The lowest BCUT2D eigenvalue weighted by Gasteiger charge is -2.11. The second-order valence-corrected chi connectivity index (χ2v) is 6.60. The van der Waals surface area contributed by atoms with Crippen molar-refractivity contribution < 1.29 is 9.18 Å². The van der Waals surface area contributed by atoms with Crippen LogP contribution in [0, 0.1) is 12.7 Å². The number of hydrogen-bond acceptors (Lipinski definition) is 2. The molecule has 3 aromatic rings. The standard InChI is InChI=1S/C18H17FN2OS/c1-3-8-20-18(22)16-10-17-15(9-12(2)23-17)21(16)11-13-6-4-5-7-14(13)19/h3-7,9-10H,1,8,11H2,2H3,(H,20,22). The zero-order chi connectivity index (χ0) is 16.4. The van der Waals surface area contributed by atoms with E-state index in [1.165, 1.54) is 6.07 Å². The summed E-state index contributed by atoms with van der Waals surface area (Å²) in [5.74, 6) is -0.443. The highest BCUT2D eigenvalue weighted by Crippen LogP contribution is 2.29. The third-order valence-electron chi connectivity index (χ3n) is 3.64. The number of rotatable bonds is 5. The van der Waals surface area contributed by atoms with Crippen molar-refractivity contribution in [2.24, 2.45) is 0 Å². The number of nitrogens with one attached hydrogen (secondary N) is 1. The Morgan fingerprint density at radius 1 is 1.39 bits per heavy atom. The van der Waals surface area contributed by atoms with E-state index in [0.717, 1.165) is 15.1 Å². The lowest BCUT2D eigenvalue weighted by Crippen LogP contribution is -2.26. The molecule has 1 N–H and O–H groups in total. The van der Waals surface area contributed by atoms with Crippen LogP contribution in [-0.4, -0.2) is 17.0 Å². The Hall–Kier alpha value is -2.40. The number of nitrogens with zero attached hydrogens (tertiary/aromatic N) is 1. The third kappa shape index (κ3) is 3.05. The van der Waals surface area contributed by atoms with Gasteiger partial charge in [0.05, 0.1) is 16.8 Å². The highest BCUT2D eigenvalue weighted by atomic mass is 32.1. The average molecular weight is 328 g/mol. The minimum absolute atomic E-state index is 0.178. The Balaban J connectivity index is 2.06. The normalized spacial score (nSPS) is 10.9. The SMILES string of the molecule is C=CCNC(=O)c1cc2sc(C)cc2n1Cc1ccccc1F. The number of carbonyl (C=O) groups excluding carboxylic acids is 1. The largest absolute Gasteiger partial charge is 0.347 e. The minimum atomic E-state index is -0.265. The van der Waals surface area contributed by atoms with Crippen LogP contribution < -0.4 is 5.32 Å². The van der Waals surface area contributed by atoms with Crippen LogP contribution in [0.25, 0.3) is 10.2 Å². The maximum Gasteiger partial charge on any atom is 0.268 e. The van der Waals surface area contributed by atoms with Crippen LogP contribution in [0.3, 0.4) is 0 Å². The fraction of sp³-hybridized carbons (Fsp3) is 0.167. The first-order valence-electron chi connectivity index (χ1n) is 7.32. The molecule has 0 atom stereocenters. The van der Waals surface area contributed by atoms with Crippen molar-refractivity contribution >= 4 is 27.5 Å². The van der Waals surface area contributed by atoms with Crippen molar-refractivity contribution in [1.82, 2.24) is 9.88 Å². The number of carbonyl (C=O) groups is 1. The van der Waals surface area contributed by atoms with E-state index >= 15 is 0 Å². The summed E-state index contributed by atoms with van der Waals surface area (Å²) >= 11 is 1.63. The van der Waals surface area contributed by atoms with E-state index < -0.39 is 0 Å². The molecule has 2 aromatic heterocycles. The third-order valence-corrected chi connectivity index (χ3v) is 4.63. The van der Waals surface area contributed by atoms with E-state index in [1.54, 1.807) is 35.6 Å². The molecule has 0 unspecified atom stereocenters. The molecular weight excluding hydrogens is 311 g/mol. The zero-order valence-corrected chi connectivity index (χ0v) is 13.6. The van der Waals surface area contributed by atoms with E-state index in [4.69, 9.17) is 0 Å². The Kier molecular flexibility index (Phi) is 4.30. The number of halogens is 1. The molecule has 118 valence electrons. The van der Waals surface area contributed by atoms with Crippen molar-refractivity contribution in [3.8, 4) is 0 Å². The molecule has 0 spiro atoms. The average Bonchev–Trinajstić information content (AvgIpc) is 3.04. The smallest absolute Gasteiger partial charge is 0.268 e. The molecular formula is C18H17FN2OS. The molecule has 1 amide bonds. The van der Waals surface area contributed by atoms with Gasteiger partial charge in [0.1, 0.15) is 11.5 Å². The van der Waals surface area contributed by atoms with Gasteiger partial charge in [-0.2, -0.15) is 0 Å². The number of thiophene rings is 1. The summed E-state index contributed by atoms with van der Waals surface area (Å²) in [7, 11) is 0. The van der Waals surface area contributed by atoms with E-state index in [-0.39, 0.29) is 11.7 Å². The maximum atomic E-state index is 14.0. The molecule has 23 heavy (non-hydrogen) atoms. The summed E-state index contributed by atoms with van der Waals surface area (Å²) in [6, 6.07) is 10.5. The van der Waals surface area contributed by atoms with E-state index in [9.17, 15) is 9.18 Å². The molecule has 0 radical (unpaired) electrons. The number of fused-ring (bicyclic) bond motifs is 1. The van der Waals surface area contributed by atoms with Crippen LogP contribution >= 0.6 is 11.3 Å². The second-order valence-electron chi connectivity index (χ2n) is 5.31. The van der Waals surface area contributed by atoms with Gasteiger partial charge in [0, 0.05) is 17.0 Å². The molecule has 3 rings (SSSR count). The number of aromatic nitrogens is 1. The summed E-state index contributed by atoms with van der Waals surface area (Å²) < 4.78 is 16.9. The fourth-order valence-corrected chi connectivity index (χ4v) is 3.54. The van der Waals surface area contributed by atoms with Gasteiger partial charge in [0.2, 0.25) is 0 Å². The van der Waals surface area contributed by atoms with Crippen LogP contribution in [0.4, 0.5) is 4.39 Å². The first-order valence-corrected chi connectivity index (χ1v) is 8.14. The van der Waals surface area contributed by atoms with Gasteiger partial charge < -0.3 is 9.88 Å². The van der Waals surface area contributed by atoms with Crippen LogP contribution in [-0.2, 0) is 6.54 Å². The lowest BCUT2D eigenvalue weighted by atomic mass is 10.2. The molecule has 1 aromatic carbocycles. The van der Waals surface area contributed by atoms with Gasteiger partial charge in [0.15, 0.2) is 0 Å². The first kappa shape index (κ1) is 15.5. The van der Waals surface area contributed by atoms with Gasteiger partial charge in [0.25, 0.3) is 5.91 Å². The van der Waals surface area contributed by atoms with Crippen molar-refractivity contribution in [2.45, 2.75) is 13.5 Å². The molecule has 5 heteroatoms. The lowest BCUT2D eigenvalue weighted by molar-refractivity contribution is 0.0949. The number of amides is 1. The van der Waals surface area contributed by atoms with Gasteiger partial charge in [-0.05, 0) is 25.1 Å². The molecule has 2 heterocycles. The van der Waals surface area contributed by atoms with Crippen molar-refractivity contribution in [3.05, 3.63) is 71.0 Å². The predicted octanol–water partition coefficient (Wildman–Crippen LogP) is 4.11. The highest BCUT2D eigenvalue weighted by Gasteiger charge is 2.18. The molecule has 0 saturated heterocycles. The Bertz CT molecular complexity index is 878. The molecule has 3 nitrogen and oxygen atoms in total. The molecule has 0 fully saturated rings. The summed E-state index contributed by atoms with van der Waals surface area (Å²) in [6.45, 7) is 6.35. The summed E-state index contributed by atoms with van der Waals surface area (Å²) in [4.78, 5) is 13.5. The summed E-state index contributed by atoms with van der Waals surface area (Å²) in [6.07, 6.45) is 1.63. The monoisotopic (exact) mass is 328 g/mol. The number of aryl methyl sites for hydroxylation is 1. The zero-order valence-electron chi connectivity index (χ0n) is 12.8. The number of benzene rings is 1. The summed E-state index contributed by atoms with van der Waals surface area (Å²) in [5.41, 5.74) is 2.06. The second kappa shape index (κ2) is 6.38. The molecule has 0 aliphatic heterocycles. The van der Waals surface area contributed by atoms with Crippen molar-refractivity contribution in [2.75, 3.05) is 6.54 Å². The van der Waals surface area contributed by atoms with Crippen LogP contribution in [0.1, 0.15) is 20.9 Å². The van der Waals surface area contributed by atoms with Gasteiger partial charge in [-0.25, -0.2) is 4.39 Å².